The second-order valence-corrected chi connectivity index (χ2v) is 7.02. The van der Waals surface area contributed by atoms with Gasteiger partial charge in [0, 0.05) is 35.4 Å². The van der Waals surface area contributed by atoms with Crippen molar-refractivity contribution in [2.24, 2.45) is 0 Å². The lowest BCUT2D eigenvalue weighted by Crippen LogP contribution is -2.25. The number of rotatable bonds is 7. The van der Waals surface area contributed by atoms with Crippen LogP contribution in [0.25, 0.3) is 0 Å². The van der Waals surface area contributed by atoms with Crippen molar-refractivity contribution in [3.63, 3.8) is 0 Å². The molecule has 0 fully saturated rings. The molecule has 108 valence electrons. The largest absolute Gasteiger partial charge is 0.383 e. The third-order valence-corrected chi connectivity index (χ3v) is 4.99. The first-order valence-electron chi connectivity index (χ1n) is 6.29. The number of anilines is 1. The number of nitrogens with one attached hydrogen (secondary N) is 1. The van der Waals surface area contributed by atoms with Gasteiger partial charge >= 0.3 is 0 Å². The second-order valence-electron chi connectivity index (χ2n) is 4.43. The molecule has 1 aromatic heterocycles. The van der Waals surface area contributed by atoms with Crippen molar-refractivity contribution in [3.8, 4) is 0 Å². The third-order valence-electron chi connectivity index (χ3n) is 2.85. The maximum Gasteiger partial charge on any atom is 0.283 e. The fourth-order valence-corrected chi connectivity index (χ4v) is 2.43. The van der Waals surface area contributed by atoms with E-state index in [1.165, 1.54) is 4.68 Å². The highest BCUT2D eigenvalue weighted by Crippen LogP contribution is 2.16. The predicted octanol–water partition coefficient (Wildman–Crippen LogP) is 1.98. The molecule has 0 saturated carbocycles. The van der Waals surface area contributed by atoms with Gasteiger partial charge in [0.25, 0.3) is 5.56 Å². The number of nitrogens with zero attached hydrogens (tertiary/aromatic N) is 2. The molecule has 0 radical (unpaired) electrons. The zero-order chi connectivity index (χ0) is 14.4. The van der Waals surface area contributed by atoms with Crippen molar-refractivity contribution in [1.82, 2.24) is 9.78 Å². The van der Waals surface area contributed by atoms with Gasteiger partial charge < -0.3 is 5.32 Å². The van der Waals surface area contributed by atoms with Crippen molar-refractivity contribution >= 4 is 32.4 Å². The third kappa shape index (κ3) is 4.72. The van der Waals surface area contributed by atoms with Crippen LogP contribution in [0.4, 0.5) is 5.69 Å². The molecule has 0 aliphatic rings. The van der Waals surface area contributed by atoms with Crippen molar-refractivity contribution in [2.45, 2.75) is 38.5 Å². The van der Waals surface area contributed by atoms with Gasteiger partial charge in [-0.15, -0.1) is 0 Å². The smallest absolute Gasteiger partial charge is 0.283 e. The van der Waals surface area contributed by atoms with E-state index in [-0.39, 0.29) is 10.8 Å². The van der Waals surface area contributed by atoms with Crippen LogP contribution in [0.15, 0.2) is 15.5 Å². The second kappa shape index (κ2) is 7.79. The van der Waals surface area contributed by atoms with Crippen molar-refractivity contribution in [3.05, 3.63) is 21.0 Å². The molecule has 0 spiro atoms. The van der Waals surface area contributed by atoms with Crippen molar-refractivity contribution < 1.29 is 4.21 Å². The molecule has 0 aliphatic carbocycles. The van der Waals surface area contributed by atoms with Crippen molar-refractivity contribution in [2.75, 3.05) is 18.1 Å². The molecule has 19 heavy (non-hydrogen) atoms. The summed E-state index contributed by atoms with van der Waals surface area (Å²) in [6.45, 7) is 5.23. The van der Waals surface area contributed by atoms with E-state index in [1.54, 1.807) is 12.5 Å². The molecule has 1 N–H and O–H groups in total. The van der Waals surface area contributed by atoms with Crippen LogP contribution >= 0.6 is 15.9 Å². The molecule has 0 saturated heterocycles. The van der Waals surface area contributed by atoms with Gasteiger partial charge in [0.15, 0.2) is 0 Å². The minimum absolute atomic E-state index is 0.126. The standard InChI is InChI=1S/C12H20BrN3O2S/c1-4-7-16-12(17)11(13)10(8-15-16)14-6-5-9(2)19(3)18/h8-9,14H,4-7H2,1-3H3. The minimum atomic E-state index is -0.817. The van der Waals surface area contributed by atoms with Gasteiger partial charge in [0.05, 0.1) is 11.9 Å². The molecule has 2 atom stereocenters. The number of aromatic nitrogens is 2. The molecular formula is C12H20BrN3O2S. The molecule has 7 heteroatoms. The Balaban J connectivity index is 2.68. The Hall–Kier alpha value is -0.690. The normalized spacial score (nSPS) is 14.1. The first kappa shape index (κ1) is 16.4. The van der Waals surface area contributed by atoms with Crippen LogP contribution in [-0.4, -0.2) is 32.0 Å². The first-order valence-corrected chi connectivity index (χ1v) is 8.70. The van der Waals surface area contributed by atoms with Gasteiger partial charge in [-0.1, -0.05) is 13.8 Å². The maximum atomic E-state index is 11.9. The fourth-order valence-electron chi connectivity index (χ4n) is 1.54. The number of halogens is 1. The molecular weight excluding hydrogens is 330 g/mol. The van der Waals surface area contributed by atoms with Crippen LogP contribution in [-0.2, 0) is 17.3 Å². The van der Waals surface area contributed by atoms with E-state index in [0.717, 1.165) is 12.8 Å². The van der Waals surface area contributed by atoms with Crippen molar-refractivity contribution in [1.29, 1.82) is 0 Å². The zero-order valence-electron chi connectivity index (χ0n) is 11.5. The molecule has 0 amide bonds. The predicted molar refractivity (Wildman–Crippen MR) is 83.1 cm³/mol. The summed E-state index contributed by atoms with van der Waals surface area (Å²) in [6.07, 6.45) is 5.00. The first-order chi connectivity index (χ1) is 8.97. The van der Waals surface area contributed by atoms with Crippen LogP contribution < -0.4 is 10.9 Å². The highest BCUT2D eigenvalue weighted by Gasteiger charge is 2.09. The minimum Gasteiger partial charge on any atom is -0.383 e. The average molecular weight is 350 g/mol. The summed E-state index contributed by atoms with van der Waals surface area (Å²) in [7, 11) is -0.817. The van der Waals surface area contributed by atoms with E-state index in [9.17, 15) is 9.00 Å². The molecule has 2 unspecified atom stereocenters. The Bertz CT molecular complexity index is 504. The van der Waals surface area contributed by atoms with Crippen LogP contribution in [0.2, 0.25) is 0 Å². The Morgan fingerprint density at radius 2 is 2.26 bits per heavy atom. The summed E-state index contributed by atoms with van der Waals surface area (Å²) in [5.41, 5.74) is 0.561. The molecule has 0 aromatic carbocycles. The van der Waals surface area contributed by atoms with Crippen LogP contribution in [0.3, 0.4) is 0 Å². The van der Waals surface area contributed by atoms with Crippen LogP contribution in [0, 0.1) is 0 Å². The molecule has 1 heterocycles. The average Bonchev–Trinajstić information content (AvgIpc) is 2.37. The summed E-state index contributed by atoms with van der Waals surface area (Å²) in [5, 5.41) is 7.40. The summed E-state index contributed by atoms with van der Waals surface area (Å²) >= 11 is 3.30. The Labute approximate surface area is 124 Å². The van der Waals surface area contributed by atoms with Crippen LogP contribution in [0.5, 0.6) is 0 Å². The molecule has 1 aromatic rings. The van der Waals surface area contributed by atoms with E-state index in [4.69, 9.17) is 0 Å². The lowest BCUT2D eigenvalue weighted by atomic mass is 10.3. The molecule has 5 nitrogen and oxygen atoms in total. The Morgan fingerprint density at radius 3 is 2.84 bits per heavy atom. The SMILES string of the molecule is CCCn1ncc(NCCC(C)S(C)=O)c(Br)c1=O. The summed E-state index contributed by atoms with van der Waals surface area (Å²) in [6, 6.07) is 0. The zero-order valence-corrected chi connectivity index (χ0v) is 13.9. The summed E-state index contributed by atoms with van der Waals surface area (Å²) in [5.74, 6) is 0. The van der Waals surface area contributed by atoms with E-state index >= 15 is 0 Å². The summed E-state index contributed by atoms with van der Waals surface area (Å²) in [4.78, 5) is 11.9. The van der Waals surface area contributed by atoms with Crippen LogP contribution in [0.1, 0.15) is 26.7 Å². The van der Waals surface area contributed by atoms with E-state index in [0.29, 0.717) is 23.2 Å². The van der Waals surface area contributed by atoms with E-state index in [2.05, 4.69) is 26.3 Å². The lowest BCUT2D eigenvalue weighted by Gasteiger charge is -2.12. The molecule has 0 bridgehead atoms. The number of hydrogen-bond donors (Lipinski definition) is 1. The number of hydrogen-bond acceptors (Lipinski definition) is 4. The Kier molecular flexibility index (Phi) is 6.71. The van der Waals surface area contributed by atoms with Gasteiger partial charge in [0.1, 0.15) is 4.47 Å². The van der Waals surface area contributed by atoms with Gasteiger partial charge in [-0.2, -0.15) is 5.10 Å². The highest BCUT2D eigenvalue weighted by atomic mass is 79.9. The monoisotopic (exact) mass is 349 g/mol. The maximum absolute atomic E-state index is 11.9. The van der Waals surface area contributed by atoms with Gasteiger partial charge in [-0.3, -0.25) is 9.00 Å². The van der Waals surface area contributed by atoms with Gasteiger partial charge in [-0.25, -0.2) is 4.68 Å². The quantitative estimate of drug-likeness (QED) is 0.817. The molecule has 0 aliphatic heterocycles. The topological polar surface area (TPSA) is 64.0 Å². The summed E-state index contributed by atoms with van der Waals surface area (Å²) < 4.78 is 13.2. The van der Waals surface area contributed by atoms with Gasteiger partial charge in [-0.05, 0) is 28.8 Å². The number of aryl methyl sites for hydroxylation is 1. The van der Waals surface area contributed by atoms with E-state index < -0.39 is 10.8 Å². The lowest BCUT2D eigenvalue weighted by molar-refractivity contribution is 0.566. The van der Waals surface area contributed by atoms with Gasteiger partial charge in [0.2, 0.25) is 0 Å². The molecule has 1 rings (SSSR count). The fraction of sp³-hybridized carbons (Fsp3) is 0.667. The highest BCUT2D eigenvalue weighted by molar-refractivity contribution is 9.10. The van der Waals surface area contributed by atoms with E-state index in [1.807, 2.05) is 13.8 Å². The Morgan fingerprint density at radius 1 is 1.58 bits per heavy atom.